The zero-order valence-corrected chi connectivity index (χ0v) is 12.2. The Morgan fingerprint density at radius 2 is 1.76 bits per heavy atom. The summed E-state index contributed by atoms with van der Waals surface area (Å²) in [4.78, 5) is 36.2. The molecule has 0 radical (unpaired) electrons. The highest BCUT2D eigenvalue weighted by Gasteiger charge is 2.28. The van der Waals surface area contributed by atoms with Crippen LogP contribution in [0, 0.1) is 0 Å². The fourth-order valence-electron chi connectivity index (χ4n) is 2.22. The van der Waals surface area contributed by atoms with Crippen molar-refractivity contribution in [1.82, 2.24) is 10.2 Å². The number of hydrogen-bond donors (Lipinski definition) is 1. The Morgan fingerprint density at radius 3 is 2.33 bits per heavy atom. The Hall–Kier alpha value is -2.17. The molecule has 0 aliphatic carbocycles. The first-order valence-corrected chi connectivity index (χ1v) is 7.32. The number of benzene rings is 1. The summed E-state index contributed by atoms with van der Waals surface area (Å²) >= 11 is 0. The lowest BCUT2D eigenvalue weighted by molar-refractivity contribution is -0.139. The number of carbonyl (C=O) groups excluding carboxylic acids is 3. The molecule has 2 rings (SSSR count). The first-order chi connectivity index (χ1) is 10.1. The Kier molecular flexibility index (Phi) is 5.09. The van der Waals surface area contributed by atoms with Crippen molar-refractivity contribution in [2.45, 2.75) is 39.2 Å². The molecule has 112 valence electrons. The second kappa shape index (κ2) is 7.02. The second-order valence-corrected chi connectivity index (χ2v) is 5.18. The molecule has 0 saturated carbocycles. The van der Waals surface area contributed by atoms with E-state index in [9.17, 15) is 14.4 Å². The molecule has 0 unspecified atom stereocenters. The van der Waals surface area contributed by atoms with Gasteiger partial charge in [0.1, 0.15) is 0 Å². The van der Waals surface area contributed by atoms with Crippen molar-refractivity contribution in [3.8, 4) is 0 Å². The van der Waals surface area contributed by atoms with Crippen molar-refractivity contribution in [3.05, 3.63) is 35.4 Å². The van der Waals surface area contributed by atoms with Crippen LogP contribution in [0.4, 0.5) is 0 Å². The predicted molar refractivity (Wildman–Crippen MR) is 78.5 cm³/mol. The van der Waals surface area contributed by atoms with Gasteiger partial charge >= 0.3 is 0 Å². The van der Waals surface area contributed by atoms with Gasteiger partial charge in [0.2, 0.25) is 11.8 Å². The molecule has 1 saturated heterocycles. The topological polar surface area (TPSA) is 66.5 Å². The van der Waals surface area contributed by atoms with E-state index in [4.69, 9.17) is 0 Å². The lowest BCUT2D eigenvalue weighted by Gasteiger charge is -2.13. The van der Waals surface area contributed by atoms with Crippen LogP contribution in [0.1, 0.15) is 48.5 Å². The predicted octanol–water partition coefficient (Wildman–Crippen LogP) is 1.87. The molecule has 1 N–H and O–H groups in total. The van der Waals surface area contributed by atoms with E-state index in [1.54, 1.807) is 24.3 Å². The highest BCUT2D eigenvalue weighted by molar-refractivity contribution is 6.01. The van der Waals surface area contributed by atoms with E-state index >= 15 is 0 Å². The minimum atomic E-state index is -0.124. The SMILES string of the molecule is CCCCNC(=O)c1ccc(CN2C(=O)CCC2=O)cc1. The van der Waals surface area contributed by atoms with Gasteiger partial charge in [-0.3, -0.25) is 19.3 Å². The van der Waals surface area contributed by atoms with E-state index in [0.29, 0.717) is 24.9 Å². The monoisotopic (exact) mass is 288 g/mol. The van der Waals surface area contributed by atoms with Crippen molar-refractivity contribution in [3.63, 3.8) is 0 Å². The summed E-state index contributed by atoms with van der Waals surface area (Å²) in [6.07, 6.45) is 2.60. The van der Waals surface area contributed by atoms with Crippen LogP contribution in [0.3, 0.4) is 0 Å². The molecular weight excluding hydrogens is 268 g/mol. The molecule has 0 aromatic heterocycles. The maximum absolute atomic E-state index is 11.8. The molecule has 3 amide bonds. The highest BCUT2D eigenvalue weighted by Crippen LogP contribution is 2.16. The number of imide groups is 1. The van der Waals surface area contributed by atoms with Crippen LogP contribution in [-0.4, -0.2) is 29.2 Å². The second-order valence-electron chi connectivity index (χ2n) is 5.18. The van der Waals surface area contributed by atoms with Crippen molar-refractivity contribution in [1.29, 1.82) is 0 Å². The molecule has 1 aliphatic heterocycles. The fraction of sp³-hybridized carbons (Fsp3) is 0.438. The normalized spacial score (nSPS) is 14.6. The van der Waals surface area contributed by atoms with E-state index in [2.05, 4.69) is 12.2 Å². The van der Waals surface area contributed by atoms with Crippen LogP contribution < -0.4 is 5.32 Å². The summed E-state index contributed by atoms with van der Waals surface area (Å²) in [6.45, 7) is 3.03. The molecule has 21 heavy (non-hydrogen) atoms. The van der Waals surface area contributed by atoms with Gasteiger partial charge in [0, 0.05) is 24.9 Å². The number of nitrogens with zero attached hydrogens (tertiary/aromatic N) is 1. The first kappa shape index (κ1) is 15.2. The molecular formula is C16H20N2O3. The number of carbonyl (C=O) groups is 3. The van der Waals surface area contributed by atoms with Crippen LogP contribution in [-0.2, 0) is 16.1 Å². The third-order valence-corrected chi connectivity index (χ3v) is 3.53. The number of hydrogen-bond acceptors (Lipinski definition) is 3. The molecule has 1 heterocycles. The number of likely N-dealkylation sites (tertiary alicyclic amines) is 1. The number of unbranched alkanes of at least 4 members (excludes halogenated alkanes) is 1. The fourth-order valence-corrected chi connectivity index (χ4v) is 2.22. The van der Waals surface area contributed by atoms with Crippen LogP contribution in [0.15, 0.2) is 24.3 Å². The zero-order chi connectivity index (χ0) is 15.2. The van der Waals surface area contributed by atoms with E-state index in [-0.39, 0.29) is 24.3 Å². The lowest BCUT2D eigenvalue weighted by Crippen LogP contribution is -2.28. The molecule has 1 aliphatic rings. The van der Waals surface area contributed by atoms with E-state index in [1.807, 2.05) is 0 Å². The van der Waals surface area contributed by atoms with Crippen molar-refractivity contribution in [2.75, 3.05) is 6.54 Å². The van der Waals surface area contributed by atoms with E-state index in [1.165, 1.54) is 4.90 Å². The average molecular weight is 288 g/mol. The highest BCUT2D eigenvalue weighted by atomic mass is 16.2. The number of rotatable bonds is 6. The molecule has 0 bridgehead atoms. The molecule has 5 heteroatoms. The summed E-state index contributed by atoms with van der Waals surface area (Å²) in [5.74, 6) is -0.342. The number of amides is 3. The van der Waals surface area contributed by atoms with Gasteiger partial charge in [0.15, 0.2) is 0 Å². The Bertz CT molecular complexity index is 521. The first-order valence-electron chi connectivity index (χ1n) is 7.32. The van der Waals surface area contributed by atoms with Gasteiger partial charge in [-0.1, -0.05) is 25.5 Å². The molecule has 0 spiro atoms. The van der Waals surface area contributed by atoms with Gasteiger partial charge in [-0.2, -0.15) is 0 Å². The third-order valence-electron chi connectivity index (χ3n) is 3.53. The molecule has 5 nitrogen and oxygen atoms in total. The van der Waals surface area contributed by atoms with Gasteiger partial charge < -0.3 is 5.32 Å². The maximum atomic E-state index is 11.8. The number of nitrogens with one attached hydrogen (secondary N) is 1. The van der Waals surface area contributed by atoms with Gasteiger partial charge in [-0.05, 0) is 24.1 Å². The quantitative estimate of drug-likeness (QED) is 0.642. The Morgan fingerprint density at radius 1 is 1.14 bits per heavy atom. The Labute approximate surface area is 124 Å². The van der Waals surface area contributed by atoms with Crippen molar-refractivity contribution in [2.24, 2.45) is 0 Å². The largest absolute Gasteiger partial charge is 0.352 e. The summed E-state index contributed by atoms with van der Waals surface area (Å²) < 4.78 is 0. The smallest absolute Gasteiger partial charge is 0.251 e. The minimum absolute atomic E-state index is 0.0941. The van der Waals surface area contributed by atoms with Gasteiger partial charge in [-0.25, -0.2) is 0 Å². The lowest BCUT2D eigenvalue weighted by atomic mass is 10.1. The van der Waals surface area contributed by atoms with Crippen LogP contribution in [0.25, 0.3) is 0 Å². The third kappa shape index (κ3) is 3.90. The van der Waals surface area contributed by atoms with E-state index < -0.39 is 0 Å². The standard InChI is InChI=1S/C16H20N2O3/c1-2-3-10-17-16(21)13-6-4-12(5-7-13)11-18-14(19)8-9-15(18)20/h4-7H,2-3,8-11H2,1H3,(H,17,21). The summed E-state index contributed by atoms with van der Waals surface area (Å²) in [5, 5.41) is 2.85. The van der Waals surface area contributed by atoms with E-state index in [0.717, 1.165) is 18.4 Å². The van der Waals surface area contributed by atoms with Crippen LogP contribution in [0.2, 0.25) is 0 Å². The summed E-state index contributed by atoms with van der Waals surface area (Å²) in [5.41, 5.74) is 1.44. The van der Waals surface area contributed by atoms with Crippen LogP contribution >= 0.6 is 0 Å². The maximum Gasteiger partial charge on any atom is 0.251 e. The van der Waals surface area contributed by atoms with Gasteiger partial charge in [-0.15, -0.1) is 0 Å². The minimum Gasteiger partial charge on any atom is -0.352 e. The Balaban J connectivity index is 1.94. The molecule has 1 aromatic carbocycles. The van der Waals surface area contributed by atoms with Gasteiger partial charge in [0.05, 0.1) is 6.54 Å². The summed E-state index contributed by atoms with van der Waals surface area (Å²) in [6, 6.07) is 7.02. The van der Waals surface area contributed by atoms with Crippen LogP contribution in [0.5, 0.6) is 0 Å². The van der Waals surface area contributed by atoms with Gasteiger partial charge in [0.25, 0.3) is 5.91 Å². The summed E-state index contributed by atoms with van der Waals surface area (Å²) in [7, 11) is 0. The van der Waals surface area contributed by atoms with Crippen molar-refractivity contribution < 1.29 is 14.4 Å². The molecule has 1 aromatic rings. The molecule has 1 fully saturated rings. The average Bonchev–Trinajstić information content (AvgIpc) is 2.80. The zero-order valence-electron chi connectivity index (χ0n) is 12.2. The van der Waals surface area contributed by atoms with Crippen molar-refractivity contribution >= 4 is 17.7 Å². The molecule has 0 atom stereocenters.